The number of aliphatic imine (C=N–C) groups is 1. The van der Waals surface area contributed by atoms with Gasteiger partial charge in [-0.25, -0.2) is 14.4 Å². The molecule has 6 nitrogen and oxygen atoms in total. The summed E-state index contributed by atoms with van der Waals surface area (Å²) in [4.78, 5) is 29.1. The number of fused-ring (bicyclic) bond motifs is 5. The number of hydrogen-bond donors (Lipinski definition) is 1. The SMILES string of the molecule is CN1C(=O)c2[nH]c(Cc3ccc(F)cc3)nc2N2C1=NC1CCC[C@@H]12. The van der Waals surface area contributed by atoms with Gasteiger partial charge >= 0.3 is 0 Å². The second kappa shape index (κ2) is 5.15. The van der Waals surface area contributed by atoms with E-state index >= 15 is 0 Å². The minimum Gasteiger partial charge on any atom is -0.336 e. The van der Waals surface area contributed by atoms with Crippen LogP contribution in [-0.4, -0.2) is 45.9 Å². The highest BCUT2D eigenvalue weighted by atomic mass is 19.1. The van der Waals surface area contributed by atoms with E-state index in [1.54, 1.807) is 24.1 Å². The van der Waals surface area contributed by atoms with Crippen molar-refractivity contribution in [1.82, 2.24) is 14.9 Å². The van der Waals surface area contributed by atoms with Gasteiger partial charge in [0, 0.05) is 13.5 Å². The number of rotatable bonds is 2. The number of H-pyrrole nitrogens is 1. The molecular weight excluding hydrogens is 321 g/mol. The topological polar surface area (TPSA) is 64.6 Å². The van der Waals surface area contributed by atoms with E-state index in [9.17, 15) is 9.18 Å². The van der Waals surface area contributed by atoms with Crippen LogP contribution in [0.25, 0.3) is 0 Å². The first-order valence-electron chi connectivity index (χ1n) is 8.60. The number of imidazole rings is 1. The Morgan fingerprint density at radius 2 is 2.08 bits per heavy atom. The number of nitrogens with one attached hydrogen (secondary N) is 1. The Bertz CT molecular complexity index is 887. The van der Waals surface area contributed by atoms with Crippen LogP contribution in [0.4, 0.5) is 10.2 Å². The summed E-state index contributed by atoms with van der Waals surface area (Å²) < 4.78 is 13.1. The summed E-state index contributed by atoms with van der Waals surface area (Å²) in [5.74, 6) is 1.74. The molecule has 25 heavy (non-hydrogen) atoms. The van der Waals surface area contributed by atoms with Crippen LogP contribution in [0.15, 0.2) is 29.3 Å². The summed E-state index contributed by atoms with van der Waals surface area (Å²) >= 11 is 0. The number of carbonyl (C=O) groups excluding carboxylic acids is 1. The lowest BCUT2D eigenvalue weighted by Gasteiger charge is -2.33. The van der Waals surface area contributed by atoms with E-state index < -0.39 is 0 Å². The van der Waals surface area contributed by atoms with Crippen molar-refractivity contribution in [1.29, 1.82) is 0 Å². The number of anilines is 1. The van der Waals surface area contributed by atoms with Crippen molar-refractivity contribution in [3.05, 3.63) is 47.2 Å². The summed E-state index contributed by atoms with van der Waals surface area (Å²) in [5.41, 5.74) is 1.47. The normalized spacial score (nSPS) is 24.2. The highest BCUT2D eigenvalue weighted by Crippen LogP contribution is 2.39. The Morgan fingerprint density at radius 1 is 1.28 bits per heavy atom. The fourth-order valence-corrected chi connectivity index (χ4v) is 4.10. The largest absolute Gasteiger partial charge is 0.336 e. The molecule has 1 unspecified atom stereocenters. The molecule has 1 aliphatic carbocycles. The van der Waals surface area contributed by atoms with Crippen molar-refractivity contribution in [2.24, 2.45) is 4.99 Å². The van der Waals surface area contributed by atoms with E-state index in [1.807, 2.05) is 0 Å². The van der Waals surface area contributed by atoms with Crippen LogP contribution in [0.5, 0.6) is 0 Å². The van der Waals surface area contributed by atoms with Gasteiger partial charge in [-0.15, -0.1) is 0 Å². The van der Waals surface area contributed by atoms with Crippen LogP contribution in [0.2, 0.25) is 0 Å². The van der Waals surface area contributed by atoms with Crippen LogP contribution in [0.3, 0.4) is 0 Å². The third kappa shape index (κ3) is 2.11. The van der Waals surface area contributed by atoms with Crippen molar-refractivity contribution in [2.75, 3.05) is 11.9 Å². The Labute approximate surface area is 144 Å². The lowest BCUT2D eigenvalue weighted by molar-refractivity contribution is 0.0859. The molecule has 3 aliphatic rings. The quantitative estimate of drug-likeness (QED) is 0.913. The maximum atomic E-state index is 13.1. The van der Waals surface area contributed by atoms with Gasteiger partial charge in [0.15, 0.2) is 5.82 Å². The van der Waals surface area contributed by atoms with Gasteiger partial charge in [0.2, 0.25) is 5.96 Å². The predicted molar refractivity (Wildman–Crippen MR) is 91.2 cm³/mol. The Balaban J connectivity index is 1.53. The minimum absolute atomic E-state index is 0.108. The molecule has 128 valence electrons. The van der Waals surface area contributed by atoms with E-state index in [2.05, 4.69) is 9.88 Å². The summed E-state index contributed by atoms with van der Waals surface area (Å²) in [6.45, 7) is 0. The van der Waals surface area contributed by atoms with Crippen LogP contribution in [-0.2, 0) is 6.42 Å². The number of aromatic nitrogens is 2. The molecule has 2 aliphatic heterocycles. The zero-order valence-electron chi connectivity index (χ0n) is 13.9. The first kappa shape index (κ1) is 14.6. The molecule has 0 bridgehead atoms. The van der Waals surface area contributed by atoms with Crippen molar-refractivity contribution < 1.29 is 9.18 Å². The summed E-state index contributed by atoms with van der Waals surface area (Å²) in [6, 6.07) is 6.90. The Hall–Kier alpha value is -2.70. The molecule has 0 spiro atoms. The van der Waals surface area contributed by atoms with Crippen molar-refractivity contribution in [3.63, 3.8) is 0 Å². The van der Waals surface area contributed by atoms with Crippen molar-refractivity contribution >= 4 is 17.7 Å². The molecule has 3 heterocycles. The fraction of sp³-hybridized carbons (Fsp3) is 0.389. The van der Waals surface area contributed by atoms with Gasteiger partial charge in [-0.1, -0.05) is 12.1 Å². The maximum absolute atomic E-state index is 13.1. The first-order valence-corrected chi connectivity index (χ1v) is 8.60. The molecule has 0 saturated heterocycles. The van der Waals surface area contributed by atoms with Gasteiger partial charge in [0.05, 0.1) is 12.1 Å². The van der Waals surface area contributed by atoms with Gasteiger partial charge < -0.3 is 4.98 Å². The summed E-state index contributed by atoms with van der Waals surface area (Å²) in [7, 11) is 1.76. The third-order valence-electron chi connectivity index (χ3n) is 5.34. The highest BCUT2D eigenvalue weighted by molar-refractivity contribution is 6.18. The second-order valence-corrected chi connectivity index (χ2v) is 6.91. The number of halogens is 1. The predicted octanol–water partition coefficient (Wildman–Crippen LogP) is 2.32. The first-order chi connectivity index (χ1) is 12.1. The summed E-state index contributed by atoms with van der Waals surface area (Å²) in [6.07, 6.45) is 3.81. The molecule has 5 rings (SSSR count). The lowest BCUT2D eigenvalue weighted by Crippen LogP contribution is -2.51. The van der Waals surface area contributed by atoms with Gasteiger partial charge in [-0.3, -0.25) is 14.6 Å². The molecule has 2 aromatic rings. The van der Waals surface area contributed by atoms with E-state index in [0.717, 1.165) is 24.8 Å². The molecular formula is C18H18FN5O. The molecule has 2 atom stereocenters. The van der Waals surface area contributed by atoms with E-state index in [4.69, 9.17) is 9.98 Å². The average Bonchev–Trinajstić information content (AvgIpc) is 3.28. The number of carbonyl (C=O) groups is 1. The molecule has 1 aromatic carbocycles. The van der Waals surface area contributed by atoms with Crippen LogP contribution < -0.4 is 4.90 Å². The molecule has 0 radical (unpaired) electrons. The number of aromatic amines is 1. The van der Waals surface area contributed by atoms with E-state index in [1.165, 1.54) is 12.1 Å². The van der Waals surface area contributed by atoms with E-state index in [-0.39, 0.29) is 17.8 Å². The fourth-order valence-electron chi connectivity index (χ4n) is 4.10. The van der Waals surface area contributed by atoms with E-state index in [0.29, 0.717) is 35.8 Å². The minimum atomic E-state index is -0.260. The monoisotopic (exact) mass is 339 g/mol. The number of hydrogen-bond acceptors (Lipinski definition) is 4. The highest BCUT2D eigenvalue weighted by Gasteiger charge is 2.48. The zero-order chi connectivity index (χ0) is 17.1. The third-order valence-corrected chi connectivity index (χ3v) is 5.34. The van der Waals surface area contributed by atoms with Crippen LogP contribution >= 0.6 is 0 Å². The number of amides is 1. The van der Waals surface area contributed by atoms with Crippen LogP contribution in [0, 0.1) is 5.82 Å². The van der Waals surface area contributed by atoms with Crippen molar-refractivity contribution in [2.45, 2.75) is 37.8 Å². The molecule has 1 amide bonds. The molecule has 1 aromatic heterocycles. The van der Waals surface area contributed by atoms with Crippen LogP contribution in [0.1, 0.15) is 41.1 Å². The van der Waals surface area contributed by atoms with Gasteiger partial charge in [-0.05, 0) is 37.0 Å². The van der Waals surface area contributed by atoms with Gasteiger partial charge in [-0.2, -0.15) is 0 Å². The summed E-state index contributed by atoms with van der Waals surface area (Å²) in [5, 5.41) is 0. The second-order valence-electron chi connectivity index (χ2n) is 6.91. The number of benzene rings is 1. The average molecular weight is 339 g/mol. The van der Waals surface area contributed by atoms with Gasteiger partial charge in [0.25, 0.3) is 5.91 Å². The zero-order valence-corrected chi connectivity index (χ0v) is 13.9. The molecule has 7 heteroatoms. The molecule has 1 fully saturated rings. The smallest absolute Gasteiger partial charge is 0.280 e. The Kier molecular flexibility index (Phi) is 3.01. The standard InChI is InChI=1S/C18H18FN5O/c1-23-17(25)15-16(24-13-4-2-3-12(13)20-18(23)24)22-14(21-15)9-10-5-7-11(19)8-6-10/h5-8,12-13H,2-4,9H2,1H3,(H,21,22)/t12?,13-/m0/s1. The molecule has 1 saturated carbocycles. The lowest BCUT2D eigenvalue weighted by atomic mass is 10.1. The van der Waals surface area contributed by atoms with Gasteiger partial charge in [0.1, 0.15) is 17.3 Å². The number of guanidine groups is 1. The maximum Gasteiger partial charge on any atom is 0.280 e. The Morgan fingerprint density at radius 3 is 2.88 bits per heavy atom. The van der Waals surface area contributed by atoms with Crippen molar-refractivity contribution in [3.8, 4) is 0 Å². The number of nitrogens with zero attached hydrogens (tertiary/aromatic N) is 4. The molecule has 1 N–H and O–H groups in total.